The second kappa shape index (κ2) is 10.9. The molecule has 2 aromatic heterocycles. The zero-order chi connectivity index (χ0) is 22.3. The van der Waals surface area contributed by atoms with Gasteiger partial charge in [0, 0.05) is 30.1 Å². The summed E-state index contributed by atoms with van der Waals surface area (Å²) in [7, 11) is 1.61. The number of piperidine rings is 1. The van der Waals surface area contributed by atoms with Crippen LogP contribution in [0.5, 0.6) is 5.75 Å². The SMILES string of the molecule is COc1ccc2nccc([C@H](F)CC[C@@H]3CCN(CC#Cc4cscn4)C[C@@H]3CO)c2c1. The molecule has 1 aliphatic rings. The van der Waals surface area contributed by atoms with Gasteiger partial charge >= 0.3 is 0 Å². The topological polar surface area (TPSA) is 58.5 Å². The maximum atomic E-state index is 15.3. The molecule has 0 spiro atoms. The lowest BCUT2D eigenvalue weighted by atomic mass is 9.81. The minimum atomic E-state index is -1.08. The van der Waals surface area contributed by atoms with Gasteiger partial charge in [0.25, 0.3) is 0 Å². The highest BCUT2D eigenvalue weighted by atomic mass is 32.1. The fraction of sp³-hybridized carbons (Fsp3) is 0.440. The predicted octanol–water partition coefficient (Wildman–Crippen LogP) is 4.47. The van der Waals surface area contributed by atoms with Crippen molar-refractivity contribution in [3.8, 4) is 17.6 Å². The van der Waals surface area contributed by atoms with Gasteiger partial charge in [0.1, 0.15) is 17.6 Å². The van der Waals surface area contributed by atoms with E-state index in [-0.39, 0.29) is 12.5 Å². The molecule has 1 saturated heterocycles. The number of aromatic nitrogens is 2. The number of ether oxygens (including phenoxy) is 1. The van der Waals surface area contributed by atoms with E-state index in [1.165, 1.54) is 11.3 Å². The molecule has 1 aliphatic heterocycles. The number of hydrogen-bond donors (Lipinski definition) is 1. The maximum Gasteiger partial charge on any atom is 0.126 e. The number of nitrogens with zero attached hydrogens (tertiary/aromatic N) is 3. The molecule has 0 unspecified atom stereocenters. The molecule has 3 atom stereocenters. The van der Waals surface area contributed by atoms with E-state index in [0.717, 1.165) is 42.5 Å². The Bertz CT molecular complexity index is 1080. The van der Waals surface area contributed by atoms with Gasteiger partial charge in [-0.15, -0.1) is 11.3 Å². The molecule has 1 fully saturated rings. The summed E-state index contributed by atoms with van der Waals surface area (Å²) >= 11 is 1.54. The van der Waals surface area contributed by atoms with Crippen molar-refractivity contribution in [1.82, 2.24) is 14.9 Å². The van der Waals surface area contributed by atoms with Crippen LogP contribution in [0.1, 0.15) is 36.7 Å². The first-order valence-corrected chi connectivity index (χ1v) is 11.9. The number of aliphatic hydroxyl groups excluding tert-OH is 1. The van der Waals surface area contributed by atoms with Gasteiger partial charge in [0.15, 0.2) is 0 Å². The van der Waals surface area contributed by atoms with Gasteiger partial charge in [0.2, 0.25) is 0 Å². The van der Waals surface area contributed by atoms with E-state index >= 15 is 4.39 Å². The largest absolute Gasteiger partial charge is 0.497 e. The molecule has 32 heavy (non-hydrogen) atoms. The summed E-state index contributed by atoms with van der Waals surface area (Å²) < 4.78 is 20.6. The van der Waals surface area contributed by atoms with Crippen LogP contribution >= 0.6 is 11.3 Å². The van der Waals surface area contributed by atoms with E-state index in [4.69, 9.17) is 4.74 Å². The molecular weight excluding hydrogens is 425 g/mol. The van der Waals surface area contributed by atoms with Crippen LogP contribution in [0.3, 0.4) is 0 Å². The number of fused-ring (bicyclic) bond motifs is 1. The minimum Gasteiger partial charge on any atom is -0.497 e. The van der Waals surface area contributed by atoms with Crippen LogP contribution in [0.15, 0.2) is 41.4 Å². The van der Waals surface area contributed by atoms with Crippen LogP contribution in [-0.4, -0.2) is 53.3 Å². The fourth-order valence-corrected chi connectivity index (χ4v) is 4.95. The third-order valence-corrected chi connectivity index (χ3v) is 6.86. The van der Waals surface area contributed by atoms with Gasteiger partial charge in [-0.25, -0.2) is 9.37 Å². The molecule has 168 valence electrons. The molecule has 7 heteroatoms. The molecule has 0 amide bonds. The number of hydrogen-bond acceptors (Lipinski definition) is 6. The number of likely N-dealkylation sites (tertiary alicyclic amines) is 1. The van der Waals surface area contributed by atoms with Gasteiger partial charge in [-0.1, -0.05) is 5.92 Å². The van der Waals surface area contributed by atoms with Crippen LogP contribution in [0.4, 0.5) is 4.39 Å². The molecule has 5 nitrogen and oxygen atoms in total. The Balaban J connectivity index is 1.35. The van der Waals surface area contributed by atoms with Crippen molar-refractivity contribution in [2.75, 3.05) is 33.4 Å². The minimum absolute atomic E-state index is 0.118. The van der Waals surface area contributed by atoms with Crippen molar-refractivity contribution >= 4 is 22.2 Å². The third kappa shape index (κ3) is 5.44. The number of alkyl halides is 1. The van der Waals surface area contributed by atoms with Crippen molar-refractivity contribution in [2.24, 2.45) is 11.8 Å². The highest BCUT2D eigenvalue weighted by Gasteiger charge is 2.29. The fourth-order valence-electron chi connectivity index (χ4n) is 4.47. The zero-order valence-electron chi connectivity index (χ0n) is 18.2. The van der Waals surface area contributed by atoms with Gasteiger partial charge in [-0.05, 0) is 73.4 Å². The first-order valence-electron chi connectivity index (χ1n) is 10.9. The summed E-state index contributed by atoms with van der Waals surface area (Å²) in [6.07, 6.45) is 2.72. The number of benzene rings is 1. The van der Waals surface area contributed by atoms with Crippen LogP contribution < -0.4 is 4.74 Å². The van der Waals surface area contributed by atoms with E-state index in [2.05, 4.69) is 26.7 Å². The average Bonchev–Trinajstić information content (AvgIpc) is 3.35. The van der Waals surface area contributed by atoms with Crippen molar-refractivity contribution in [3.63, 3.8) is 0 Å². The van der Waals surface area contributed by atoms with Crippen molar-refractivity contribution in [2.45, 2.75) is 25.4 Å². The Morgan fingerprint density at radius 2 is 2.22 bits per heavy atom. The van der Waals surface area contributed by atoms with Crippen LogP contribution in [0.2, 0.25) is 0 Å². The monoisotopic (exact) mass is 453 g/mol. The van der Waals surface area contributed by atoms with E-state index < -0.39 is 6.17 Å². The molecular formula is C25H28FN3O2S. The molecule has 1 aromatic carbocycles. The molecule has 0 radical (unpaired) electrons. The molecule has 4 rings (SSSR count). The Kier molecular flexibility index (Phi) is 7.69. The first-order chi connectivity index (χ1) is 15.7. The number of rotatable bonds is 7. The Labute approximate surface area is 192 Å². The Hall–Kier alpha value is -2.53. The van der Waals surface area contributed by atoms with Crippen molar-refractivity contribution in [3.05, 3.63) is 52.6 Å². The van der Waals surface area contributed by atoms with Crippen molar-refractivity contribution in [1.29, 1.82) is 0 Å². The van der Waals surface area contributed by atoms with E-state index in [9.17, 15) is 5.11 Å². The summed E-state index contributed by atoms with van der Waals surface area (Å²) in [6.45, 7) is 2.49. The summed E-state index contributed by atoms with van der Waals surface area (Å²) in [5.41, 5.74) is 4.01. The van der Waals surface area contributed by atoms with Crippen molar-refractivity contribution < 1.29 is 14.2 Å². The lowest BCUT2D eigenvalue weighted by Crippen LogP contribution is -2.42. The van der Waals surface area contributed by atoms with E-state index in [0.29, 0.717) is 30.2 Å². The van der Waals surface area contributed by atoms with E-state index in [1.54, 1.807) is 24.9 Å². The number of halogens is 1. The number of pyridine rings is 1. The number of aliphatic hydroxyl groups is 1. The summed E-state index contributed by atoms with van der Waals surface area (Å²) in [6, 6.07) is 7.32. The highest BCUT2D eigenvalue weighted by molar-refractivity contribution is 7.07. The quantitative estimate of drug-likeness (QED) is 0.535. The Morgan fingerprint density at radius 1 is 1.31 bits per heavy atom. The number of thiazole rings is 1. The second-order valence-electron chi connectivity index (χ2n) is 8.23. The van der Waals surface area contributed by atoms with Gasteiger partial charge < -0.3 is 9.84 Å². The molecule has 0 bridgehead atoms. The average molecular weight is 454 g/mol. The van der Waals surface area contributed by atoms with Crippen LogP contribution in [0, 0.1) is 23.7 Å². The van der Waals surface area contributed by atoms with E-state index in [1.807, 2.05) is 23.6 Å². The van der Waals surface area contributed by atoms with Gasteiger partial charge in [0.05, 0.1) is 24.7 Å². The molecule has 3 aromatic rings. The van der Waals surface area contributed by atoms with Gasteiger partial charge in [-0.2, -0.15) is 0 Å². The summed E-state index contributed by atoms with van der Waals surface area (Å²) in [4.78, 5) is 10.8. The maximum absolute atomic E-state index is 15.3. The summed E-state index contributed by atoms with van der Waals surface area (Å²) in [5, 5.41) is 12.7. The standard InChI is InChI=1S/C25H28FN3O2S/c1-31-21-5-7-25-23(13-21)22(8-10-27-25)24(26)6-4-18-9-12-29(14-19(18)15-30)11-2-3-20-16-32-17-28-20/h5,7-8,10,13,16-19,24,30H,4,6,9,11-12,14-15H2,1H3/t18-,19-,24-/m1/s1. The molecule has 0 aliphatic carbocycles. The normalized spacial score (nSPS) is 20.0. The zero-order valence-corrected chi connectivity index (χ0v) is 19.0. The lowest BCUT2D eigenvalue weighted by Gasteiger charge is -2.37. The third-order valence-electron chi connectivity index (χ3n) is 6.27. The Morgan fingerprint density at radius 3 is 3.00 bits per heavy atom. The smallest absolute Gasteiger partial charge is 0.126 e. The van der Waals surface area contributed by atoms with Crippen LogP contribution in [0.25, 0.3) is 10.9 Å². The lowest BCUT2D eigenvalue weighted by molar-refractivity contribution is 0.0708. The first kappa shape index (κ1) is 22.7. The molecule has 0 saturated carbocycles. The van der Waals surface area contributed by atoms with Gasteiger partial charge in [-0.3, -0.25) is 9.88 Å². The van der Waals surface area contributed by atoms with Crippen LogP contribution in [-0.2, 0) is 0 Å². The molecule has 3 heterocycles. The molecule has 1 N–H and O–H groups in total. The predicted molar refractivity (Wildman–Crippen MR) is 125 cm³/mol. The highest BCUT2D eigenvalue weighted by Crippen LogP contribution is 2.35. The number of methoxy groups -OCH3 is 1. The summed E-state index contributed by atoms with van der Waals surface area (Å²) in [5.74, 6) is 7.41. The second-order valence-corrected chi connectivity index (χ2v) is 8.95.